The summed E-state index contributed by atoms with van der Waals surface area (Å²) in [5.41, 5.74) is 2.14. The van der Waals surface area contributed by atoms with Crippen LogP contribution >= 0.6 is 24.0 Å². The minimum absolute atomic E-state index is 0. The molecule has 1 aromatic heterocycles. The lowest BCUT2D eigenvalue weighted by molar-refractivity contribution is 0.0487. The van der Waals surface area contributed by atoms with E-state index >= 15 is 0 Å². The van der Waals surface area contributed by atoms with Crippen molar-refractivity contribution >= 4 is 29.9 Å². The lowest BCUT2D eigenvalue weighted by Gasteiger charge is -2.12. The first-order valence-corrected chi connectivity index (χ1v) is 9.37. The summed E-state index contributed by atoms with van der Waals surface area (Å²) in [4.78, 5) is 8.17. The van der Waals surface area contributed by atoms with Crippen LogP contribution in [0.15, 0.2) is 41.9 Å². The molecule has 2 N–H and O–H groups in total. The zero-order chi connectivity index (χ0) is 19.2. The first-order valence-electron chi connectivity index (χ1n) is 9.37. The molecule has 0 atom stereocenters. The number of rotatable bonds is 12. The van der Waals surface area contributed by atoms with E-state index in [1.807, 2.05) is 12.1 Å². The third-order valence-electron chi connectivity index (χ3n) is 3.86. The molecule has 0 aliphatic heterocycles. The molecule has 1 heterocycles. The number of nitrogens with one attached hydrogen (secondary N) is 2. The SMILES string of the molecule is CCCCOCCOCCNC(=NC)NCc1ccc(-n2cncn2)cc1.I. The molecular formula is C19H31IN6O2. The van der Waals surface area contributed by atoms with Crippen LogP contribution in [0.1, 0.15) is 25.3 Å². The third kappa shape index (κ3) is 9.47. The van der Waals surface area contributed by atoms with Crippen LogP contribution in [0.2, 0.25) is 0 Å². The van der Waals surface area contributed by atoms with E-state index in [0.717, 1.165) is 36.7 Å². The molecule has 0 spiro atoms. The van der Waals surface area contributed by atoms with Crippen molar-refractivity contribution in [2.75, 3.05) is 40.0 Å². The van der Waals surface area contributed by atoms with E-state index in [0.29, 0.717) is 32.9 Å². The Labute approximate surface area is 184 Å². The molecule has 0 fully saturated rings. The highest BCUT2D eigenvalue weighted by Crippen LogP contribution is 2.07. The summed E-state index contributed by atoms with van der Waals surface area (Å²) in [5, 5.41) is 10.6. The highest BCUT2D eigenvalue weighted by molar-refractivity contribution is 14.0. The van der Waals surface area contributed by atoms with E-state index in [1.54, 1.807) is 18.1 Å². The summed E-state index contributed by atoms with van der Waals surface area (Å²) >= 11 is 0. The number of ether oxygens (including phenoxy) is 2. The van der Waals surface area contributed by atoms with E-state index in [-0.39, 0.29) is 24.0 Å². The van der Waals surface area contributed by atoms with Crippen LogP contribution in [0.5, 0.6) is 0 Å². The van der Waals surface area contributed by atoms with Crippen LogP contribution in [-0.2, 0) is 16.0 Å². The fraction of sp³-hybridized carbons (Fsp3) is 0.526. The van der Waals surface area contributed by atoms with Crippen molar-refractivity contribution < 1.29 is 9.47 Å². The fourth-order valence-electron chi connectivity index (χ4n) is 2.32. The number of unbranched alkanes of at least 4 members (excludes halogenated alkanes) is 1. The van der Waals surface area contributed by atoms with Gasteiger partial charge in [-0.25, -0.2) is 9.67 Å². The van der Waals surface area contributed by atoms with Gasteiger partial charge in [0.15, 0.2) is 5.96 Å². The molecule has 1 aromatic carbocycles. The second-order valence-corrected chi connectivity index (χ2v) is 5.94. The maximum Gasteiger partial charge on any atom is 0.191 e. The minimum Gasteiger partial charge on any atom is -0.379 e. The number of hydrogen-bond donors (Lipinski definition) is 2. The summed E-state index contributed by atoms with van der Waals surface area (Å²) in [6.07, 6.45) is 5.46. The molecule has 0 saturated carbocycles. The van der Waals surface area contributed by atoms with E-state index in [1.165, 1.54) is 6.33 Å². The molecule has 2 rings (SSSR count). The van der Waals surface area contributed by atoms with Crippen molar-refractivity contribution in [3.05, 3.63) is 42.5 Å². The smallest absolute Gasteiger partial charge is 0.191 e. The van der Waals surface area contributed by atoms with Gasteiger partial charge in [0, 0.05) is 26.7 Å². The lowest BCUT2D eigenvalue weighted by atomic mass is 10.2. The quantitative estimate of drug-likeness (QED) is 0.201. The Bertz CT molecular complexity index is 649. The van der Waals surface area contributed by atoms with E-state index in [9.17, 15) is 0 Å². The standard InChI is InChI=1S/C19H30N6O2.HI/c1-3-4-10-26-12-13-27-11-9-22-19(20-2)23-14-17-5-7-18(8-6-17)25-16-21-15-24-25;/h5-8,15-16H,3-4,9-14H2,1-2H3,(H2,20,22,23);1H. The summed E-state index contributed by atoms with van der Waals surface area (Å²) in [5.74, 6) is 0.748. The highest BCUT2D eigenvalue weighted by Gasteiger charge is 2.00. The molecule has 8 nitrogen and oxygen atoms in total. The number of halogens is 1. The van der Waals surface area contributed by atoms with E-state index < -0.39 is 0 Å². The maximum atomic E-state index is 5.54. The zero-order valence-corrected chi connectivity index (χ0v) is 19.0. The first kappa shape index (κ1) is 24.3. The Morgan fingerprint density at radius 2 is 1.82 bits per heavy atom. The molecule has 156 valence electrons. The monoisotopic (exact) mass is 502 g/mol. The van der Waals surface area contributed by atoms with Gasteiger partial charge in [-0.1, -0.05) is 25.5 Å². The van der Waals surface area contributed by atoms with Gasteiger partial charge in [-0.2, -0.15) is 5.10 Å². The van der Waals surface area contributed by atoms with Gasteiger partial charge >= 0.3 is 0 Å². The second-order valence-electron chi connectivity index (χ2n) is 5.94. The summed E-state index contributed by atoms with van der Waals surface area (Å²) in [6.45, 7) is 6.23. The Balaban J connectivity index is 0.00000392. The third-order valence-corrected chi connectivity index (χ3v) is 3.86. The average molecular weight is 502 g/mol. The largest absolute Gasteiger partial charge is 0.379 e. The van der Waals surface area contributed by atoms with Gasteiger partial charge in [-0.05, 0) is 24.1 Å². The Kier molecular flexibility index (Phi) is 13.2. The van der Waals surface area contributed by atoms with Crippen molar-refractivity contribution in [2.24, 2.45) is 4.99 Å². The van der Waals surface area contributed by atoms with Crippen molar-refractivity contribution in [2.45, 2.75) is 26.3 Å². The summed E-state index contributed by atoms with van der Waals surface area (Å²) in [6, 6.07) is 8.13. The number of aliphatic imine (C=N–C) groups is 1. The molecule has 0 saturated heterocycles. The summed E-state index contributed by atoms with van der Waals surface area (Å²) in [7, 11) is 1.76. The van der Waals surface area contributed by atoms with Crippen LogP contribution in [0.3, 0.4) is 0 Å². The summed E-state index contributed by atoms with van der Waals surface area (Å²) < 4.78 is 12.7. The van der Waals surface area contributed by atoms with Crippen LogP contribution in [0.25, 0.3) is 5.69 Å². The van der Waals surface area contributed by atoms with E-state index in [2.05, 4.69) is 44.8 Å². The average Bonchev–Trinajstić information content (AvgIpc) is 3.24. The molecule has 0 aliphatic rings. The van der Waals surface area contributed by atoms with Crippen molar-refractivity contribution in [1.29, 1.82) is 0 Å². The van der Waals surface area contributed by atoms with Gasteiger partial charge in [0.1, 0.15) is 12.7 Å². The van der Waals surface area contributed by atoms with Crippen LogP contribution in [0, 0.1) is 0 Å². The fourth-order valence-corrected chi connectivity index (χ4v) is 2.32. The molecule has 0 amide bonds. The Morgan fingerprint density at radius 1 is 1.07 bits per heavy atom. The van der Waals surface area contributed by atoms with E-state index in [4.69, 9.17) is 9.47 Å². The van der Waals surface area contributed by atoms with Crippen molar-refractivity contribution in [1.82, 2.24) is 25.4 Å². The normalized spacial score (nSPS) is 11.1. The predicted octanol–water partition coefficient (Wildman–Crippen LogP) is 2.38. The minimum atomic E-state index is 0. The molecule has 28 heavy (non-hydrogen) atoms. The Hall–Kier alpha value is -1.72. The van der Waals surface area contributed by atoms with Gasteiger partial charge in [0.2, 0.25) is 0 Å². The Morgan fingerprint density at radius 3 is 2.46 bits per heavy atom. The second kappa shape index (κ2) is 15.2. The zero-order valence-electron chi connectivity index (χ0n) is 16.6. The first-order chi connectivity index (χ1) is 13.3. The van der Waals surface area contributed by atoms with Crippen LogP contribution in [-0.4, -0.2) is 60.7 Å². The number of guanidine groups is 1. The number of hydrogen-bond acceptors (Lipinski definition) is 5. The van der Waals surface area contributed by atoms with Crippen LogP contribution < -0.4 is 10.6 Å². The number of benzene rings is 1. The highest BCUT2D eigenvalue weighted by atomic mass is 127. The lowest BCUT2D eigenvalue weighted by Crippen LogP contribution is -2.38. The topological polar surface area (TPSA) is 85.6 Å². The predicted molar refractivity (Wildman–Crippen MR) is 122 cm³/mol. The maximum absolute atomic E-state index is 5.54. The molecule has 0 radical (unpaired) electrons. The van der Waals surface area contributed by atoms with Crippen LogP contribution in [0.4, 0.5) is 0 Å². The van der Waals surface area contributed by atoms with Crippen molar-refractivity contribution in [3.8, 4) is 5.69 Å². The molecular weight excluding hydrogens is 471 g/mol. The van der Waals surface area contributed by atoms with Gasteiger partial charge < -0.3 is 20.1 Å². The molecule has 0 bridgehead atoms. The van der Waals surface area contributed by atoms with Gasteiger partial charge in [-0.15, -0.1) is 24.0 Å². The number of nitrogens with zero attached hydrogens (tertiary/aromatic N) is 4. The molecule has 2 aromatic rings. The van der Waals surface area contributed by atoms with Crippen molar-refractivity contribution in [3.63, 3.8) is 0 Å². The number of aromatic nitrogens is 3. The van der Waals surface area contributed by atoms with Gasteiger partial charge in [-0.3, -0.25) is 4.99 Å². The molecule has 0 unspecified atom stereocenters. The van der Waals surface area contributed by atoms with Gasteiger partial charge in [0.05, 0.1) is 25.5 Å². The molecule has 0 aliphatic carbocycles. The van der Waals surface area contributed by atoms with Gasteiger partial charge in [0.25, 0.3) is 0 Å². The molecule has 9 heteroatoms.